The largest absolute Gasteiger partial charge is 0.381 e. The molecule has 0 radical (unpaired) electrons. The molecule has 0 bridgehead atoms. The van der Waals surface area contributed by atoms with Crippen LogP contribution < -0.4 is 16.4 Å². The second-order valence-corrected chi connectivity index (χ2v) is 8.42. The molecule has 8 heteroatoms. The van der Waals surface area contributed by atoms with E-state index >= 15 is 0 Å². The second-order valence-electron chi connectivity index (χ2n) is 7.44. The molecule has 2 aliphatic heterocycles. The van der Waals surface area contributed by atoms with Gasteiger partial charge in [-0.15, -0.1) is 11.3 Å². The van der Waals surface area contributed by atoms with Crippen molar-refractivity contribution in [2.45, 2.75) is 50.1 Å². The Balaban J connectivity index is 1.60. The molecule has 150 valence electrons. The van der Waals surface area contributed by atoms with Gasteiger partial charge in [0.25, 0.3) is 0 Å². The Hall–Kier alpha value is -1.64. The van der Waals surface area contributed by atoms with Gasteiger partial charge in [-0.2, -0.15) is 0 Å². The third-order valence-corrected chi connectivity index (χ3v) is 6.64. The monoisotopic (exact) mass is 394 g/mol. The fourth-order valence-electron chi connectivity index (χ4n) is 4.13. The molecule has 0 spiro atoms. The van der Waals surface area contributed by atoms with Crippen LogP contribution in [0.25, 0.3) is 0 Å². The summed E-state index contributed by atoms with van der Waals surface area (Å²) in [7, 11) is 0. The van der Waals surface area contributed by atoms with Crippen molar-refractivity contribution in [1.29, 1.82) is 0 Å². The minimum absolute atomic E-state index is 0.0100. The summed E-state index contributed by atoms with van der Waals surface area (Å²) >= 11 is 1.51. The van der Waals surface area contributed by atoms with Crippen LogP contribution >= 0.6 is 11.3 Å². The van der Waals surface area contributed by atoms with Gasteiger partial charge < -0.3 is 21.1 Å². The normalized spacial score (nSPS) is 21.3. The van der Waals surface area contributed by atoms with Crippen LogP contribution in [0.3, 0.4) is 0 Å². The fraction of sp³-hybridized carbons (Fsp3) is 0.684. The van der Waals surface area contributed by atoms with Crippen LogP contribution in [-0.4, -0.2) is 55.2 Å². The quantitative estimate of drug-likeness (QED) is 0.659. The molecule has 2 saturated heterocycles. The zero-order valence-electron chi connectivity index (χ0n) is 15.7. The molecule has 0 aliphatic carbocycles. The predicted octanol–water partition coefficient (Wildman–Crippen LogP) is 2.00. The van der Waals surface area contributed by atoms with Gasteiger partial charge in [0.15, 0.2) is 0 Å². The first-order chi connectivity index (χ1) is 13.1. The van der Waals surface area contributed by atoms with Gasteiger partial charge in [0.05, 0.1) is 12.5 Å². The number of hydrogen-bond acceptors (Lipinski definition) is 5. The molecule has 4 N–H and O–H groups in total. The van der Waals surface area contributed by atoms with Gasteiger partial charge in [-0.25, -0.2) is 4.79 Å². The molecular formula is C19H30N4O3S. The van der Waals surface area contributed by atoms with Crippen LogP contribution in [0, 0.1) is 0 Å². The highest BCUT2D eigenvalue weighted by Gasteiger charge is 2.39. The van der Waals surface area contributed by atoms with Gasteiger partial charge in [0.1, 0.15) is 0 Å². The lowest BCUT2D eigenvalue weighted by atomic mass is 9.86. The van der Waals surface area contributed by atoms with Crippen LogP contribution in [0.2, 0.25) is 0 Å². The Bertz CT molecular complexity index is 610. The Morgan fingerprint density at radius 3 is 2.63 bits per heavy atom. The zero-order valence-corrected chi connectivity index (χ0v) is 16.6. The number of amides is 3. The summed E-state index contributed by atoms with van der Waals surface area (Å²) in [6, 6.07) is 2.81. The highest BCUT2D eigenvalue weighted by Crippen LogP contribution is 2.30. The number of ether oxygens (including phenoxy) is 1. The van der Waals surface area contributed by atoms with Gasteiger partial charge in [-0.3, -0.25) is 9.69 Å². The lowest BCUT2D eigenvalue weighted by Gasteiger charge is -2.48. The van der Waals surface area contributed by atoms with Crippen molar-refractivity contribution in [3.05, 3.63) is 22.4 Å². The maximum absolute atomic E-state index is 12.6. The van der Waals surface area contributed by atoms with E-state index in [-0.39, 0.29) is 23.9 Å². The molecule has 3 amide bonds. The minimum atomic E-state index is -0.615. The first-order valence-electron chi connectivity index (χ1n) is 9.78. The number of thiophene rings is 1. The first kappa shape index (κ1) is 20.1. The van der Waals surface area contributed by atoms with E-state index in [4.69, 9.17) is 10.5 Å². The Morgan fingerprint density at radius 1 is 1.26 bits per heavy atom. The van der Waals surface area contributed by atoms with Crippen LogP contribution in [0.5, 0.6) is 0 Å². The van der Waals surface area contributed by atoms with Gasteiger partial charge in [0, 0.05) is 30.2 Å². The van der Waals surface area contributed by atoms with Gasteiger partial charge >= 0.3 is 6.03 Å². The fourth-order valence-corrected chi connectivity index (χ4v) is 4.91. The Kier molecular flexibility index (Phi) is 7.09. The van der Waals surface area contributed by atoms with Crippen molar-refractivity contribution in [3.63, 3.8) is 0 Å². The van der Waals surface area contributed by atoms with Crippen LogP contribution in [-0.2, 0) is 9.53 Å². The second kappa shape index (κ2) is 9.52. The molecule has 27 heavy (non-hydrogen) atoms. The van der Waals surface area contributed by atoms with Crippen molar-refractivity contribution >= 4 is 23.3 Å². The molecular weight excluding hydrogens is 364 g/mol. The lowest BCUT2D eigenvalue weighted by molar-refractivity contribution is -0.123. The molecule has 3 rings (SSSR count). The van der Waals surface area contributed by atoms with E-state index in [0.717, 1.165) is 44.0 Å². The summed E-state index contributed by atoms with van der Waals surface area (Å²) in [4.78, 5) is 27.4. The van der Waals surface area contributed by atoms with Crippen molar-refractivity contribution in [2.24, 2.45) is 5.73 Å². The summed E-state index contributed by atoms with van der Waals surface area (Å²) in [5.41, 5.74) is 5.28. The third-order valence-electron chi connectivity index (χ3n) is 5.66. The maximum atomic E-state index is 12.6. The van der Waals surface area contributed by atoms with E-state index in [0.29, 0.717) is 6.54 Å². The number of carbonyl (C=O) groups is 2. The van der Waals surface area contributed by atoms with E-state index in [2.05, 4.69) is 15.5 Å². The summed E-state index contributed by atoms with van der Waals surface area (Å²) < 4.78 is 5.58. The highest BCUT2D eigenvalue weighted by atomic mass is 32.1. The lowest BCUT2D eigenvalue weighted by Crippen LogP contribution is -2.59. The minimum Gasteiger partial charge on any atom is -0.381 e. The number of nitrogens with two attached hydrogens (primary N) is 1. The highest BCUT2D eigenvalue weighted by molar-refractivity contribution is 7.10. The molecule has 0 saturated carbocycles. The molecule has 1 unspecified atom stereocenters. The van der Waals surface area contributed by atoms with E-state index in [9.17, 15) is 9.59 Å². The molecule has 1 aromatic rings. The maximum Gasteiger partial charge on any atom is 0.312 e. The number of nitrogens with one attached hydrogen (secondary N) is 2. The van der Waals surface area contributed by atoms with Crippen LogP contribution in [0.1, 0.15) is 49.4 Å². The third kappa shape index (κ3) is 5.43. The van der Waals surface area contributed by atoms with E-state index in [1.807, 2.05) is 17.5 Å². The topological polar surface area (TPSA) is 96.7 Å². The standard InChI is InChI=1S/C19H30N4O3S/c20-18(25)22-15(16-5-4-12-27-16)13-17(24)21-14-19(6-10-26-11-7-19)23-8-2-1-3-9-23/h4-5,12,15H,1-3,6-11,13-14H2,(H,21,24)(H3,20,22,25). The SMILES string of the molecule is NC(=O)NC(CC(=O)NCC1(N2CCCCC2)CCOCC1)c1cccs1. The average molecular weight is 395 g/mol. The smallest absolute Gasteiger partial charge is 0.312 e. The van der Waals surface area contributed by atoms with Crippen molar-refractivity contribution in [2.75, 3.05) is 32.8 Å². The number of carbonyl (C=O) groups excluding carboxylic acids is 2. The van der Waals surface area contributed by atoms with Gasteiger partial charge in [0.2, 0.25) is 5.91 Å². The summed E-state index contributed by atoms with van der Waals surface area (Å²) in [5, 5.41) is 7.74. The van der Waals surface area contributed by atoms with Gasteiger partial charge in [-0.1, -0.05) is 12.5 Å². The first-order valence-corrected chi connectivity index (χ1v) is 10.7. The summed E-state index contributed by atoms with van der Waals surface area (Å²) in [5.74, 6) is -0.0648. The molecule has 2 fully saturated rings. The molecule has 1 aromatic heterocycles. The number of rotatable bonds is 7. The Labute approximate surface area is 164 Å². The zero-order chi connectivity index (χ0) is 19.1. The van der Waals surface area contributed by atoms with E-state index in [1.54, 1.807) is 0 Å². The number of primary amides is 1. The van der Waals surface area contributed by atoms with Crippen molar-refractivity contribution in [3.8, 4) is 0 Å². The van der Waals surface area contributed by atoms with Crippen molar-refractivity contribution in [1.82, 2.24) is 15.5 Å². The number of likely N-dealkylation sites (tertiary alicyclic amines) is 1. The van der Waals surface area contributed by atoms with Crippen LogP contribution in [0.4, 0.5) is 4.79 Å². The average Bonchev–Trinajstić information content (AvgIpc) is 3.22. The summed E-state index contributed by atoms with van der Waals surface area (Å²) in [6.45, 7) is 4.30. The summed E-state index contributed by atoms with van der Waals surface area (Å²) in [6.07, 6.45) is 5.81. The molecule has 7 nitrogen and oxygen atoms in total. The number of hydrogen-bond donors (Lipinski definition) is 3. The molecule has 0 aromatic carbocycles. The van der Waals surface area contributed by atoms with E-state index in [1.165, 1.54) is 30.6 Å². The predicted molar refractivity (Wildman–Crippen MR) is 106 cm³/mol. The van der Waals surface area contributed by atoms with E-state index < -0.39 is 6.03 Å². The molecule has 3 heterocycles. The molecule has 2 aliphatic rings. The van der Waals surface area contributed by atoms with Gasteiger partial charge in [-0.05, 0) is 50.2 Å². The number of nitrogens with zero attached hydrogens (tertiary/aromatic N) is 1. The van der Waals surface area contributed by atoms with Crippen molar-refractivity contribution < 1.29 is 14.3 Å². The Morgan fingerprint density at radius 2 is 2.00 bits per heavy atom. The number of piperidine rings is 1. The molecule has 1 atom stereocenters. The van der Waals surface area contributed by atoms with Crippen LogP contribution in [0.15, 0.2) is 17.5 Å². The number of urea groups is 1.